The first-order valence-corrected chi connectivity index (χ1v) is 7.38. The minimum atomic E-state index is -0.567. The summed E-state index contributed by atoms with van der Waals surface area (Å²) in [7, 11) is 0. The number of para-hydroxylation sites is 1. The molecule has 6 heteroatoms. The summed E-state index contributed by atoms with van der Waals surface area (Å²) in [6.45, 7) is 2.54. The summed E-state index contributed by atoms with van der Waals surface area (Å²) in [6, 6.07) is 9.88. The first-order chi connectivity index (χ1) is 10.6. The molecule has 1 unspecified atom stereocenters. The summed E-state index contributed by atoms with van der Waals surface area (Å²) < 4.78 is 5.13. The molecule has 0 radical (unpaired) electrons. The van der Waals surface area contributed by atoms with Gasteiger partial charge >= 0.3 is 0 Å². The van der Waals surface area contributed by atoms with E-state index < -0.39 is 6.04 Å². The van der Waals surface area contributed by atoms with Crippen LogP contribution in [0.5, 0.6) is 0 Å². The molecule has 1 atom stereocenters. The van der Waals surface area contributed by atoms with Gasteiger partial charge in [0.1, 0.15) is 6.04 Å². The third-order valence-electron chi connectivity index (χ3n) is 3.79. The second-order valence-electron chi connectivity index (χ2n) is 5.09. The average molecular weight is 319 g/mol. The van der Waals surface area contributed by atoms with Gasteiger partial charge in [-0.3, -0.25) is 9.59 Å². The topological polar surface area (TPSA) is 53.8 Å². The highest BCUT2D eigenvalue weighted by atomic mass is 35.5. The lowest BCUT2D eigenvalue weighted by Crippen LogP contribution is -2.57. The van der Waals surface area contributed by atoms with E-state index in [-0.39, 0.29) is 17.6 Å². The highest BCUT2D eigenvalue weighted by Gasteiger charge is 2.36. The standard InChI is InChI=1S/C16H15ClN2O3/c1-11-15(20)19(13-6-3-2-5-12(13)17)9-8-18(11)16(21)14-7-4-10-22-14/h2-7,10-11H,8-9H2,1H3. The lowest BCUT2D eigenvalue weighted by Gasteiger charge is -2.38. The fraction of sp³-hybridized carbons (Fsp3) is 0.250. The zero-order chi connectivity index (χ0) is 15.7. The molecule has 22 heavy (non-hydrogen) atoms. The summed E-state index contributed by atoms with van der Waals surface area (Å²) in [5.74, 6) is -0.185. The SMILES string of the molecule is CC1C(=O)N(c2ccccc2Cl)CCN1C(=O)c1ccco1. The van der Waals surface area contributed by atoms with E-state index in [4.69, 9.17) is 16.0 Å². The van der Waals surface area contributed by atoms with Crippen molar-refractivity contribution >= 4 is 29.1 Å². The van der Waals surface area contributed by atoms with Crippen LogP contribution in [0.25, 0.3) is 0 Å². The number of carbonyl (C=O) groups excluding carboxylic acids is 2. The van der Waals surface area contributed by atoms with Gasteiger partial charge in [0.15, 0.2) is 5.76 Å². The molecule has 1 fully saturated rings. The summed E-state index contributed by atoms with van der Waals surface area (Å²) in [4.78, 5) is 28.1. The second-order valence-corrected chi connectivity index (χ2v) is 5.50. The lowest BCUT2D eigenvalue weighted by atomic mass is 10.1. The number of furan rings is 1. The molecule has 1 aliphatic rings. The molecule has 2 heterocycles. The fourth-order valence-electron chi connectivity index (χ4n) is 2.60. The van der Waals surface area contributed by atoms with Crippen molar-refractivity contribution in [2.75, 3.05) is 18.0 Å². The Kier molecular flexibility index (Phi) is 3.90. The maximum Gasteiger partial charge on any atom is 0.290 e. The first-order valence-electron chi connectivity index (χ1n) is 7.00. The molecule has 1 saturated heterocycles. The molecule has 0 N–H and O–H groups in total. The maximum atomic E-state index is 12.6. The largest absolute Gasteiger partial charge is 0.459 e. The summed E-state index contributed by atoms with van der Waals surface area (Å²) in [6.07, 6.45) is 1.44. The van der Waals surface area contributed by atoms with Crippen LogP contribution in [0, 0.1) is 0 Å². The fourth-order valence-corrected chi connectivity index (χ4v) is 2.84. The lowest BCUT2D eigenvalue weighted by molar-refractivity contribution is -0.124. The normalized spacial score (nSPS) is 18.6. The minimum absolute atomic E-state index is 0.153. The van der Waals surface area contributed by atoms with E-state index in [1.165, 1.54) is 11.2 Å². The van der Waals surface area contributed by atoms with Crippen LogP contribution in [-0.4, -0.2) is 35.8 Å². The predicted octanol–water partition coefficient (Wildman–Crippen LogP) is 2.81. The van der Waals surface area contributed by atoms with Crippen LogP contribution in [0.3, 0.4) is 0 Å². The van der Waals surface area contributed by atoms with Gasteiger partial charge in [-0.25, -0.2) is 0 Å². The molecule has 5 nitrogen and oxygen atoms in total. The number of anilines is 1. The van der Waals surface area contributed by atoms with E-state index in [1.54, 1.807) is 36.1 Å². The third-order valence-corrected chi connectivity index (χ3v) is 4.11. The highest BCUT2D eigenvalue weighted by Crippen LogP contribution is 2.28. The molecule has 0 saturated carbocycles. The minimum Gasteiger partial charge on any atom is -0.459 e. The molecule has 114 valence electrons. The molecule has 0 bridgehead atoms. The number of nitrogens with zero attached hydrogens (tertiary/aromatic N) is 2. The van der Waals surface area contributed by atoms with Crippen molar-refractivity contribution in [1.29, 1.82) is 0 Å². The summed E-state index contributed by atoms with van der Waals surface area (Å²) in [5.41, 5.74) is 0.672. The van der Waals surface area contributed by atoms with E-state index in [0.717, 1.165) is 0 Å². The van der Waals surface area contributed by atoms with Gasteiger partial charge in [-0.2, -0.15) is 0 Å². The van der Waals surface area contributed by atoms with Crippen molar-refractivity contribution in [3.05, 3.63) is 53.4 Å². The molecule has 1 aliphatic heterocycles. The van der Waals surface area contributed by atoms with E-state index in [0.29, 0.717) is 23.8 Å². The quantitative estimate of drug-likeness (QED) is 0.855. The van der Waals surface area contributed by atoms with Crippen molar-refractivity contribution in [2.45, 2.75) is 13.0 Å². The van der Waals surface area contributed by atoms with Gasteiger partial charge in [-0.05, 0) is 31.2 Å². The zero-order valence-corrected chi connectivity index (χ0v) is 12.8. The van der Waals surface area contributed by atoms with Gasteiger partial charge in [0.2, 0.25) is 5.91 Å². The molecular formula is C16H15ClN2O3. The predicted molar refractivity (Wildman–Crippen MR) is 83.0 cm³/mol. The van der Waals surface area contributed by atoms with Crippen LogP contribution in [0.4, 0.5) is 5.69 Å². The van der Waals surface area contributed by atoms with E-state index in [9.17, 15) is 9.59 Å². The second kappa shape index (κ2) is 5.85. The number of carbonyl (C=O) groups is 2. The number of rotatable bonds is 2. The van der Waals surface area contributed by atoms with E-state index >= 15 is 0 Å². The maximum absolute atomic E-state index is 12.6. The Hall–Kier alpha value is -2.27. The molecule has 0 spiro atoms. The average Bonchev–Trinajstić information content (AvgIpc) is 3.05. The van der Waals surface area contributed by atoms with Crippen LogP contribution >= 0.6 is 11.6 Å². The van der Waals surface area contributed by atoms with Crippen LogP contribution in [0.2, 0.25) is 5.02 Å². The Morgan fingerprint density at radius 2 is 2.00 bits per heavy atom. The third kappa shape index (κ3) is 2.48. The number of amides is 2. The number of piperazine rings is 1. The number of hydrogen-bond acceptors (Lipinski definition) is 3. The molecule has 1 aromatic heterocycles. The molecule has 1 aromatic carbocycles. The van der Waals surface area contributed by atoms with Crippen LogP contribution in [0.15, 0.2) is 47.1 Å². The Bertz CT molecular complexity index is 699. The van der Waals surface area contributed by atoms with Crippen molar-refractivity contribution in [1.82, 2.24) is 4.90 Å². The van der Waals surface area contributed by atoms with Crippen molar-refractivity contribution in [2.24, 2.45) is 0 Å². The zero-order valence-electron chi connectivity index (χ0n) is 12.0. The van der Waals surface area contributed by atoms with Gasteiger partial charge in [0, 0.05) is 13.1 Å². The Morgan fingerprint density at radius 3 is 2.68 bits per heavy atom. The van der Waals surface area contributed by atoms with Gasteiger partial charge < -0.3 is 14.2 Å². The van der Waals surface area contributed by atoms with E-state index in [1.807, 2.05) is 12.1 Å². The van der Waals surface area contributed by atoms with Crippen LogP contribution < -0.4 is 4.90 Å². The number of hydrogen-bond donors (Lipinski definition) is 0. The highest BCUT2D eigenvalue weighted by molar-refractivity contribution is 6.33. The number of halogens is 1. The van der Waals surface area contributed by atoms with E-state index in [2.05, 4.69) is 0 Å². The van der Waals surface area contributed by atoms with Gasteiger partial charge in [0.25, 0.3) is 5.91 Å². The smallest absolute Gasteiger partial charge is 0.290 e. The molecule has 3 rings (SSSR count). The van der Waals surface area contributed by atoms with Crippen LogP contribution in [-0.2, 0) is 4.79 Å². The number of benzene rings is 1. The molecular weight excluding hydrogens is 304 g/mol. The summed E-state index contributed by atoms with van der Waals surface area (Å²) in [5, 5.41) is 0.522. The first kappa shape index (κ1) is 14.7. The van der Waals surface area contributed by atoms with Crippen molar-refractivity contribution in [3.63, 3.8) is 0 Å². The molecule has 0 aliphatic carbocycles. The molecule has 2 aromatic rings. The Morgan fingerprint density at radius 1 is 1.23 bits per heavy atom. The van der Waals surface area contributed by atoms with Gasteiger partial charge in [-0.1, -0.05) is 23.7 Å². The van der Waals surface area contributed by atoms with Gasteiger partial charge in [0.05, 0.1) is 17.0 Å². The monoisotopic (exact) mass is 318 g/mol. The van der Waals surface area contributed by atoms with Crippen LogP contribution in [0.1, 0.15) is 17.5 Å². The Labute approximate surface area is 133 Å². The summed E-state index contributed by atoms with van der Waals surface area (Å²) >= 11 is 6.16. The van der Waals surface area contributed by atoms with Gasteiger partial charge in [-0.15, -0.1) is 0 Å². The van der Waals surface area contributed by atoms with Crippen molar-refractivity contribution in [3.8, 4) is 0 Å². The molecule has 2 amide bonds. The Balaban J connectivity index is 1.82. The van der Waals surface area contributed by atoms with Crippen molar-refractivity contribution < 1.29 is 14.0 Å².